The van der Waals surface area contributed by atoms with Gasteiger partial charge in [0.05, 0.1) is 6.61 Å². The Morgan fingerprint density at radius 2 is 2.31 bits per heavy atom. The zero-order valence-corrected chi connectivity index (χ0v) is 8.01. The topological polar surface area (TPSA) is 9.23 Å². The Morgan fingerprint density at radius 1 is 1.54 bits per heavy atom. The van der Waals surface area contributed by atoms with E-state index in [9.17, 15) is 4.39 Å². The fourth-order valence-corrected chi connectivity index (χ4v) is 0.920. The van der Waals surface area contributed by atoms with Crippen molar-refractivity contribution < 1.29 is 9.13 Å². The largest absolute Gasteiger partial charge is 0.493 e. The van der Waals surface area contributed by atoms with Crippen LogP contribution < -0.4 is 4.74 Å². The first-order valence-corrected chi connectivity index (χ1v) is 4.48. The molecule has 0 unspecified atom stereocenters. The lowest BCUT2D eigenvalue weighted by Crippen LogP contribution is -2.01. The van der Waals surface area contributed by atoms with Crippen molar-refractivity contribution in [1.29, 1.82) is 0 Å². The van der Waals surface area contributed by atoms with Gasteiger partial charge in [-0.2, -0.15) is 0 Å². The molecule has 0 atom stereocenters. The van der Waals surface area contributed by atoms with Gasteiger partial charge in [0.2, 0.25) is 0 Å². The maximum Gasteiger partial charge on any atom is 0.134 e. The highest BCUT2D eigenvalue weighted by Gasteiger charge is 1.97. The highest BCUT2D eigenvalue weighted by Crippen LogP contribution is 2.12. The Bertz CT molecular complexity index is 258. The molecule has 0 amide bonds. The molecule has 71 valence electrons. The smallest absolute Gasteiger partial charge is 0.134 e. The minimum Gasteiger partial charge on any atom is -0.493 e. The molecule has 0 heterocycles. The second kappa shape index (κ2) is 4.85. The van der Waals surface area contributed by atoms with E-state index in [-0.39, 0.29) is 5.82 Å². The monoisotopic (exact) mass is 181 g/mol. The fraction of sp³-hybridized carbons (Fsp3) is 0.455. The number of hydrogen-bond acceptors (Lipinski definition) is 1. The molecule has 0 spiro atoms. The van der Waals surface area contributed by atoms with Crippen molar-refractivity contribution in [1.82, 2.24) is 0 Å². The molecule has 1 rings (SSSR count). The molecule has 1 radical (unpaired) electrons. The molecule has 0 aliphatic heterocycles. The average Bonchev–Trinajstić information content (AvgIpc) is 2.03. The van der Waals surface area contributed by atoms with Crippen molar-refractivity contribution in [2.75, 3.05) is 6.61 Å². The van der Waals surface area contributed by atoms with Crippen molar-refractivity contribution in [2.24, 2.45) is 5.92 Å². The summed E-state index contributed by atoms with van der Waals surface area (Å²) in [6.45, 7) is 4.90. The van der Waals surface area contributed by atoms with E-state index in [1.54, 1.807) is 6.07 Å². The summed E-state index contributed by atoms with van der Waals surface area (Å²) < 4.78 is 18.0. The number of hydrogen-bond donors (Lipinski definition) is 0. The van der Waals surface area contributed by atoms with E-state index in [0.717, 1.165) is 6.42 Å². The third-order valence-electron chi connectivity index (χ3n) is 1.70. The van der Waals surface area contributed by atoms with E-state index in [4.69, 9.17) is 4.74 Å². The van der Waals surface area contributed by atoms with E-state index >= 15 is 0 Å². The first-order valence-electron chi connectivity index (χ1n) is 4.48. The third-order valence-corrected chi connectivity index (χ3v) is 1.70. The standard InChI is InChI=1S/C11H14FO/c1-9(2)6-7-13-11-5-3-4-10(12)8-11/h3,5,8-9H,6-7H2,1-2H3. The summed E-state index contributed by atoms with van der Waals surface area (Å²) in [5.41, 5.74) is 0. The van der Waals surface area contributed by atoms with E-state index in [1.165, 1.54) is 12.1 Å². The van der Waals surface area contributed by atoms with Gasteiger partial charge in [0.25, 0.3) is 0 Å². The second-order valence-corrected chi connectivity index (χ2v) is 3.40. The molecule has 0 saturated heterocycles. The van der Waals surface area contributed by atoms with E-state index in [1.807, 2.05) is 0 Å². The minimum atomic E-state index is -0.373. The Balaban J connectivity index is 2.37. The van der Waals surface area contributed by atoms with Gasteiger partial charge in [-0.25, -0.2) is 4.39 Å². The summed E-state index contributed by atoms with van der Waals surface area (Å²) in [7, 11) is 0. The van der Waals surface area contributed by atoms with Crippen LogP contribution in [0.3, 0.4) is 0 Å². The number of rotatable bonds is 4. The summed E-state index contributed by atoms with van der Waals surface area (Å²) in [6, 6.07) is 7.01. The van der Waals surface area contributed by atoms with Crippen molar-refractivity contribution in [2.45, 2.75) is 20.3 Å². The highest BCUT2D eigenvalue weighted by atomic mass is 19.1. The van der Waals surface area contributed by atoms with Crippen LogP contribution in [0.2, 0.25) is 0 Å². The molecule has 0 aliphatic carbocycles. The second-order valence-electron chi connectivity index (χ2n) is 3.40. The van der Waals surface area contributed by atoms with Crippen LogP contribution in [-0.4, -0.2) is 6.61 Å². The molecule has 0 N–H and O–H groups in total. The maximum absolute atomic E-state index is 12.6. The van der Waals surface area contributed by atoms with Gasteiger partial charge < -0.3 is 4.74 Å². The van der Waals surface area contributed by atoms with Crippen LogP contribution in [0.15, 0.2) is 18.2 Å². The molecular formula is C11H14FO. The van der Waals surface area contributed by atoms with Crippen molar-refractivity contribution in [3.05, 3.63) is 30.1 Å². The molecule has 0 saturated carbocycles. The molecule has 0 bridgehead atoms. The minimum absolute atomic E-state index is 0.373. The zero-order valence-electron chi connectivity index (χ0n) is 8.01. The van der Waals surface area contributed by atoms with Crippen LogP contribution in [-0.2, 0) is 0 Å². The number of benzene rings is 1. The van der Waals surface area contributed by atoms with Crippen molar-refractivity contribution in [3.8, 4) is 5.75 Å². The van der Waals surface area contributed by atoms with Gasteiger partial charge in [0, 0.05) is 12.1 Å². The summed E-state index contributed by atoms with van der Waals surface area (Å²) in [5.74, 6) is 0.819. The molecule has 0 aromatic heterocycles. The lowest BCUT2D eigenvalue weighted by Gasteiger charge is -2.07. The van der Waals surface area contributed by atoms with Gasteiger partial charge in [0.1, 0.15) is 11.6 Å². The van der Waals surface area contributed by atoms with Gasteiger partial charge in [-0.15, -0.1) is 0 Å². The van der Waals surface area contributed by atoms with Gasteiger partial charge in [-0.05, 0) is 24.5 Å². The summed E-state index contributed by atoms with van der Waals surface area (Å²) in [6.07, 6.45) is 0.986. The molecule has 2 heteroatoms. The molecule has 1 aromatic carbocycles. The Labute approximate surface area is 78.5 Å². The van der Waals surface area contributed by atoms with Gasteiger partial charge >= 0.3 is 0 Å². The van der Waals surface area contributed by atoms with E-state index in [2.05, 4.69) is 19.9 Å². The molecule has 13 heavy (non-hydrogen) atoms. The van der Waals surface area contributed by atoms with Crippen LogP contribution in [0.25, 0.3) is 0 Å². The lowest BCUT2D eigenvalue weighted by atomic mass is 10.1. The van der Waals surface area contributed by atoms with Gasteiger partial charge in [-0.1, -0.05) is 13.8 Å². The molecule has 1 nitrogen and oxygen atoms in total. The van der Waals surface area contributed by atoms with Crippen LogP contribution >= 0.6 is 0 Å². The Morgan fingerprint density at radius 3 is 2.92 bits per heavy atom. The molecular weight excluding hydrogens is 167 g/mol. The third kappa shape index (κ3) is 3.92. The lowest BCUT2D eigenvalue weighted by molar-refractivity contribution is 0.288. The highest BCUT2D eigenvalue weighted by molar-refractivity contribution is 5.21. The van der Waals surface area contributed by atoms with Crippen LogP contribution in [0.4, 0.5) is 4.39 Å². The predicted molar refractivity (Wildman–Crippen MR) is 50.2 cm³/mol. The van der Waals surface area contributed by atoms with Gasteiger partial charge in [-0.3, -0.25) is 0 Å². The molecule has 1 aromatic rings. The Kier molecular flexibility index (Phi) is 3.74. The average molecular weight is 181 g/mol. The SMILES string of the molecule is CC(C)CCOc1cc[c]c(F)c1. The van der Waals surface area contributed by atoms with Crippen LogP contribution in [0.5, 0.6) is 5.75 Å². The van der Waals surface area contributed by atoms with Crippen LogP contribution in [0.1, 0.15) is 20.3 Å². The van der Waals surface area contributed by atoms with Crippen LogP contribution in [0, 0.1) is 17.8 Å². The number of halogens is 1. The van der Waals surface area contributed by atoms with Crippen molar-refractivity contribution >= 4 is 0 Å². The normalized spacial score (nSPS) is 10.5. The Hall–Kier alpha value is -1.05. The van der Waals surface area contributed by atoms with E-state index < -0.39 is 0 Å². The number of ether oxygens (including phenoxy) is 1. The van der Waals surface area contributed by atoms with E-state index in [0.29, 0.717) is 18.3 Å². The van der Waals surface area contributed by atoms with Crippen molar-refractivity contribution in [3.63, 3.8) is 0 Å². The summed E-state index contributed by atoms with van der Waals surface area (Å²) in [4.78, 5) is 0. The quantitative estimate of drug-likeness (QED) is 0.693. The predicted octanol–water partition coefficient (Wildman–Crippen LogP) is 3.05. The van der Waals surface area contributed by atoms with Gasteiger partial charge in [0.15, 0.2) is 0 Å². The summed E-state index contributed by atoms with van der Waals surface area (Å²) in [5, 5.41) is 0. The molecule has 0 fully saturated rings. The first-order chi connectivity index (χ1) is 6.18. The first kappa shape index (κ1) is 10.0. The molecule has 0 aliphatic rings. The maximum atomic E-state index is 12.6. The summed E-state index contributed by atoms with van der Waals surface area (Å²) >= 11 is 0. The zero-order chi connectivity index (χ0) is 9.68. The fourth-order valence-electron chi connectivity index (χ4n) is 0.920.